The van der Waals surface area contributed by atoms with Gasteiger partial charge in [0.25, 0.3) is 0 Å². The fraction of sp³-hybridized carbons (Fsp3) is 0.545. The van der Waals surface area contributed by atoms with Gasteiger partial charge in [-0.05, 0) is 18.4 Å². The molecule has 0 aliphatic carbocycles. The lowest BCUT2D eigenvalue weighted by molar-refractivity contribution is 0.0690. The average Bonchev–Trinajstić information content (AvgIpc) is 2.33. The van der Waals surface area contributed by atoms with Gasteiger partial charge in [0.2, 0.25) is 5.95 Å². The second-order valence-electron chi connectivity index (χ2n) is 4.33. The number of rotatable bonds is 2. The molecule has 17 heavy (non-hydrogen) atoms. The smallest absolute Gasteiger partial charge is 0.354 e. The Morgan fingerprint density at radius 3 is 3.00 bits per heavy atom. The van der Waals surface area contributed by atoms with Gasteiger partial charge in [-0.1, -0.05) is 6.92 Å². The molecule has 2 N–H and O–H groups in total. The van der Waals surface area contributed by atoms with Gasteiger partial charge in [0.15, 0.2) is 5.69 Å². The van der Waals surface area contributed by atoms with Gasteiger partial charge >= 0.3 is 5.97 Å². The zero-order valence-corrected chi connectivity index (χ0v) is 9.58. The van der Waals surface area contributed by atoms with E-state index >= 15 is 0 Å². The van der Waals surface area contributed by atoms with Gasteiger partial charge in [-0.25, -0.2) is 14.8 Å². The second kappa shape index (κ2) is 4.67. The molecule has 1 aliphatic heterocycles. The third kappa shape index (κ3) is 2.52. The van der Waals surface area contributed by atoms with Crippen LogP contribution in [0.1, 0.15) is 23.8 Å². The highest BCUT2D eigenvalue weighted by atomic mass is 16.4. The highest BCUT2D eigenvalue weighted by molar-refractivity contribution is 5.85. The molecule has 0 bridgehead atoms. The van der Waals surface area contributed by atoms with E-state index in [0.29, 0.717) is 12.5 Å². The van der Waals surface area contributed by atoms with Crippen LogP contribution in [0.15, 0.2) is 12.3 Å². The van der Waals surface area contributed by atoms with E-state index in [2.05, 4.69) is 9.97 Å². The van der Waals surface area contributed by atoms with Crippen molar-refractivity contribution in [2.45, 2.75) is 19.4 Å². The van der Waals surface area contributed by atoms with Crippen molar-refractivity contribution in [1.82, 2.24) is 9.97 Å². The lowest BCUT2D eigenvalue weighted by Crippen LogP contribution is -2.43. The Morgan fingerprint density at radius 1 is 1.59 bits per heavy atom. The number of nitrogens with zero attached hydrogens (tertiary/aromatic N) is 3. The summed E-state index contributed by atoms with van der Waals surface area (Å²) >= 11 is 0. The molecular weight excluding hydrogens is 222 g/mol. The molecule has 0 saturated carbocycles. The number of hydrogen-bond acceptors (Lipinski definition) is 5. The van der Waals surface area contributed by atoms with E-state index in [9.17, 15) is 9.90 Å². The number of carbonyl (C=O) groups is 1. The topological polar surface area (TPSA) is 86.6 Å². The van der Waals surface area contributed by atoms with Crippen LogP contribution in [0, 0.1) is 5.92 Å². The molecular formula is C11H15N3O3. The first-order valence-electron chi connectivity index (χ1n) is 5.57. The highest BCUT2D eigenvalue weighted by Crippen LogP contribution is 2.20. The molecule has 1 aromatic heterocycles. The van der Waals surface area contributed by atoms with Crippen LogP contribution >= 0.6 is 0 Å². The summed E-state index contributed by atoms with van der Waals surface area (Å²) in [6, 6.07) is 1.36. The standard InChI is InChI=1S/C11H15N3O3/c1-7-3-5-14(6-9(7)15)11-12-4-2-8(13-11)10(16)17/h2,4,7,9,15H,3,5-6H2,1H3,(H,16,17). The lowest BCUT2D eigenvalue weighted by Gasteiger charge is -2.34. The summed E-state index contributed by atoms with van der Waals surface area (Å²) in [5, 5.41) is 18.6. The number of piperidine rings is 1. The van der Waals surface area contributed by atoms with Gasteiger partial charge in [0.05, 0.1) is 6.10 Å². The van der Waals surface area contributed by atoms with Crippen LogP contribution in [0.2, 0.25) is 0 Å². The maximum Gasteiger partial charge on any atom is 0.354 e. The largest absolute Gasteiger partial charge is 0.477 e. The predicted molar refractivity (Wildman–Crippen MR) is 61.0 cm³/mol. The van der Waals surface area contributed by atoms with Crippen molar-refractivity contribution in [3.8, 4) is 0 Å². The first-order chi connectivity index (χ1) is 8.08. The number of aliphatic hydroxyl groups excluding tert-OH is 1. The number of anilines is 1. The Hall–Kier alpha value is -1.69. The van der Waals surface area contributed by atoms with Crippen LogP contribution in [0.25, 0.3) is 0 Å². The molecule has 1 saturated heterocycles. The lowest BCUT2D eigenvalue weighted by atomic mass is 9.96. The van der Waals surface area contributed by atoms with Crippen LogP contribution in [0.3, 0.4) is 0 Å². The molecule has 0 spiro atoms. The Labute approximate surface area is 98.9 Å². The van der Waals surface area contributed by atoms with E-state index in [0.717, 1.165) is 13.0 Å². The Balaban J connectivity index is 2.17. The van der Waals surface area contributed by atoms with E-state index in [1.54, 1.807) is 0 Å². The normalized spacial score (nSPS) is 24.7. The van der Waals surface area contributed by atoms with Gasteiger partial charge < -0.3 is 15.1 Å². The first-order valence-corrected chi connectivity index (χ1v) is 5.57. The van der Waals surface area contributed by atoms with Gasteiger partial charge in [-0.2, -0.15) is 0 Å². The summed E-state index contributed by atoms with van der Waals surface area (Å²) < 4.78 is 0. The van der Waals surface area contributed by atoms with Crippen molar-refractivity contribution in [3.63, 3.8) is 0 Å². The third-order valence-corrected chi connectivity index (χ3v) is 3.06. The summed E-state index contributed by atoms with van der Waals surface area (Å²) in [5.41, 5.74) is -0.0249. The molecule has 1 aliphatic rings. The predicted octanol–water partition coefficient (Wildman–Crippen LogP) is 0.382. The van der Waals surface area contributed by atoms with E-state index in [-0.39, 0.29) is 11.6 Å². The summed E-state index contributed by atoms with van der Waals surface area (Å²) in [4.78, 5) is 20.6. The first kappa shape index (κ1) is 11.8. The van der Waals surface area contributed by atoms with Crippen LogP contribution < -0.4 is 4.90 Å². The molecule has 6 heteroatoms. The number of carboxylic acids is 1. The fourth-order valence-electron chi connectivity index (χ4n) is 1.85. The fourth-order valence-corrected chi connectivity index (χ4v) is 1.85. The minimum Gasteiger partial charge on any atom is -0.477 e. The molecule has 2 rings (SSSR count). The van der Waals surface area contributed by atoms with Crippen molar-refractivity contribution < 1.29 is 15.0 Å². The van der Waals surface area contributed by atoms with E-state index in [1.165, 1.54) is 12.3 Å². The molecule has 6 nitrogen and oxygen atoms in total. The quantitative estimate of drug-likeness (QED) is 0.773. The average molecular weight is 237 g/mol. The number of carboxylic acid groups (broad SMARTS) is 1. The summed E-state index contributed by atoms with van der Waals surface area (Å²) in [6.07, 6.45) is 1.86. The minimum atomic E-state index is -1.07. The zero-order valence-electron chi connectivity index (χ0n) is 9.58. The molecule has 92 valence electrons. The summed E-state index contributed by atoms with van der Waals surface area (Å²) in [5.74, 6) is -0.440. The van der Waals surface area contributed by atoms with E-state index in [1.807, 2.05) is 11.8 Å². The third-order valence-electron chi connectivity index (χ3n) is 3.06. The molecule has 2 unspecified atom stereocenters. The monoisotopic (exact) mass is 237 g/mol. The number of aromatic nitrogens is 2. The number of aliphatic hydroxyl groups is 1. The van der Waals surface area contributed by atoms with Crippen LogP contribution in [0.5, 0.6) is 0 Å². The van der Waals surface area contributed by atoms with Crippen LogP contribution in [0.4, 0.5) is 5.95 Å². The second-order valence-corrected chi connectivity index (χ2v) is 4.33. The molecule has 0 radical (unpaired) electrons. The summed E-state index contributed by atoms with van der Waals surface area (Å²) in [6.45, 7) is 3.18. The van der Waals surface area contributed by atoms with E-state index in [4.69, 9.17) is 5.11 Å². The maximum absolute atomic E-state index is 10.8. The molecule has 0 amide bonds. The van der Waals surface area contributed by atoms with Crippen molar-refractivity contribution in [2.75, 3.05) is 18.0 Å². The summed E-state index contributed by atoms with van der Waals surface area (Å²) in [7, 11) is 0. The molecule has 2 heterocycles. The van der Waals surface area contributed by atoms with Gasteiger partial charge in [0.1, 0.15) is 0 Å². The zero-order chi connectivity index (χ0) is 12.4. The highest BCUT2D eigenvalue weighted by Gasteiger charge is 2.26. The number of hydrogen-bond donors (Lipinski definition) is 2. The van der Waals surface area contributed by atoms with Gasteiger partial charge in [-0.3, -0.25) is 0 Å². The van der Waals surface area contributed by atoms with Crippen molar-refractivity contribution in [3.05, 3.63) is 18.0 Å². The molecule has 2 atom stereocenters. The van der Waals surface area contributed by atoms with Gasteiger partial charge in [0, 0.05) is 19.3 Å². The molecule has 1 fully saturated rings. The van der Waals surface area contributed by atoms with Crippen molar-refractivity contribution in [2.24, 2.45) is 5.92 Å². The van der Waals surface area contributed by atoms with E-state index < -0.39 is 12.1 Å². The minimum absolute atomic E-state index is 0.0249. The van der Waals surface area contributed by atoms with Crippen LogP contribution in [-0.2, 0) is 0 Å². The van der Waals surface area contributed by atoms with Gasteiger partial charge in [-0.15, -0.1) is 0 Å². The van der Waals surface area contributed by atoms with Crippen molar-refractivity contribution in [1.29, 1.82) is 0 Å². The Morgan fingerprint density at radius 2 is 2.35 bits per heavy atom. The maximum atomic E-state index is 10.8. The number of aromatic carboxylic acids is 1. The molecule has 0 aromatic carbocycles. The molecule has 1 aromatic rings. The van der Waals surface area contributed by atoms with Crippen molar-refractivity contribution >= 4 is 11.9 Å². The SMILES string of the molecule is CC1CCN(c2nccc(C(=O)O)n2)CC1O. The Bertz CT molecular complexity index is 424. The van der Waals surface area contributed by atoms with Crippen LogP contribution in [-0.4, -0.2) is 45.3 Å². The number of β-amino-alcohol motifs (C(OH)–C–C–N with tert-alkyl or cyclic N) is 1. The Kier molecular flexibility index (Phi) is 3.23.